The Morgan fingerprint density at radius 2 is 2.43 bits per heavy atom. The standard InChI is InChI=1S/C9H12IN3O/c1-6-3-4-8-11-5-7(12(2)10)9(14)13(6)8/h5-6H,3-4H2,1-2H3/t6-/m1/s1. The van der Waals surface area contributed by atoms with Crippen LogP contribution in [-0.4, -0.2) is 16.6 Å². The highest BCUT2D eigenvalue weighted by Crippen LogP contribution is 2.22. The van der Waals surface area contributed by atoms with Crippen LogP contribution in [0.5, 0.6) is 0 Å². The van der Waals surface area contributed by atoms with Crippen molar-refractivity contribution in [2.75, 3.05) is 10.2 Å². The van der Waals surface area contributed by atoms with Gasteiger partial charge >= 0.3 is 0 Å². The van der Waals surface area contributed by atoms with Gasteiger partial charge in [-0.05, 0) is 13.3 Å². The Labute approximate surface area is 96.4 Å². The van der Waals surface area contributed by atoms with E-state index in [9.17, 15) is 4.79 Å². The van der Waals surface area contributed by atoms with Crippen molar-refractivity contribution in [2.24, 2.45) is 0 Å². The predicted octanol–water partition coefficient (Wildman–Crippen LogP) is 1.54. The van der Waals surface area contributed by atoms with E-state index >= 15 is 0 Å². The van der Waals surface area contributed by atoms with E-state index in [1.54, 1.807) is 9.31 Å². The fourth-order valence-electron chi connectivity index (χ4n) is 1.81. The van der Waals surface area contributed by atoms with Crippen LogP contribution in [0, 0.1) is 0 Å². The molecular weight excluding hydrogens is 293 g/mol. The maximum atomic E-state index is 12.0. The van der Waals surface area contributed by atoms with E-state index in [1.807, 2.05) is 11.6 Å². The van der Waals surface area contributed by atoms with Gasteiger partial charge in [-0.15, -0.1) is 0 Å². The first-order chi connectivity index (χ1) is 6.61. The molecule has 2 rings (SSSR count). The average Bonchev–Trinajstić information content (AvgIpc) is 2.48. The fourth-order valence-corrected chi connectivity index (χ4v) is 2.14. The Morgan fingerprint density at radius 1 is 1.71 bits per heavy atom. The molecule has 4 nitrogen and oxygen atoms in total. The van der Waals surface area contributed by atoms with Crippen LogP contribution in [0.2, 0.25) is 0 Å². The third-order valence-corrected chi connectivity index (χ3v) is 3.13. The summed E-state index contributed by atoms with van der Waals surface area (Å²) in [5, 5.41) is 0. The Bertz CT molecular complexity index is 413. The third kappa shape index (κ3) is 1.43. The van der Waals surface area contributed by atoms with Crippen LogP contribution in [0.1, 0.15) is 25.2 Å². The third-order valence-electron chi connectivity index (χ3n) is 2.61. The van der Waals surface area contributed by atoms with Crippen molar-refractivity contribution < 1.29 is 0 Å². The summed E-state index contributed by atoms with van der Waals surface area (Å²) in [6.07, 6.45) is 3.61. The van der Waals surface area contributed by atoms with Gasteiger partial charge in [-0.25, -0.2) is 4.98 Å². The number of aryl methyl sites for hydroxylation is 1. The van der Waals surface area contributed by atoms with Gasteiger partial charge in [0.1, 0.15) is 11.5 Å². The Kier molecular flexibility index (Phi) is 2.50. The molecule has 1 aliphatic rings. The number of hydrogen-bond acceptors (Lipinski definition) is 3. The molecule has 0 saturated heterocycles. The first kappa shape index (κ1) is 9.95. The first-order valence-corrected chi connectivity index (χ1v) is 5.57. The van der Waals surface area contributed by atoms with Gasteiger partial charge in [0.15, 0.2) is 0 Å². The molecule has 0 N–H and O–H groups in total. The summed E-state index contributed by atoms with van der Waals surface area (Å²) in [7, 11) is 1.85. The molecule has 1 aromatic heterocycles. The van der Waals surface area contributed by atoms with E-state index in [-0.39, 0.29) is 5.56 Å². The number of anilines is 1. The first-order valence-electron chi connectivity index (χ1n) is 4.61. The molecule has 0 fully saturated rings. The zero-order valence-electron chi connectivity index (χ0n) is 8.20. The van der Waals surface area contributed by atoms with Crippen molar-refractivity contribution in [3.8, 4) is 0 Å². The number of aromatic nitrogens is 2. The lowest BCUT2D eigenvalue weighted by Crippen LogP contribution is -2.26. The minimum absolute atomic E-state index is 0.0805. The molecule has 1 aliphatic heterocycles. The van der Waals surface area contributed by atoms with Gasteiger partial charge in [-0.3, -0.25) is 9.36 Å². The highest BCUT2D eigenvalue weighted by molar-refractivity contribution is 14.1. The van der Waals surface area contributed by atoms with E-state index in [0.29, 0.717) is 11.7 Å². The van der Waals surface area contributed by atoms with Crippen LogP contribution in [0.15, 0.2) is 11.0 Å². The SMILES string of the molecule is C[C@@H]1CCc2ncc(N(C)I)c(=O)n21. The van der Waals surface area contributed by atoms with Gasteiger partial charge in [0.25, 0.3) is 5.56 Å². The summed E-state index contributed by atoms with van der Waals surface area (Å²) >= 11 is 2.09. The second-order valence-corrected chi connectivity index (χ2v) is 5.05. The highest BCUT2D eigenvalue weighted by Gasteiger charge is 2.22. The number of halogens is 1. The van der Waals surface area contributed by atoms with Crippen LogP contribution < -0.4 is 8.67 Å². The number of fused-ring (bicyclic) bond motifs is 1. The summed E-state index contributed by atoms with van der Waals surface area (Å²) in [6, 6.07) is 0.293. The minimum Gasteiger partial charge on any atom is -0.312 e. The van der Waals surface area contributed by atoms with Gasteiger partial charge in [0.05, 0.1) is 29.1 Å². The van der Waals surface area contributed by atoms with Crippen molar-refractivity contribution in [2.45, 2.75) is 25.8 Å². The molecule has 0 unspecified atom stereocenters. The zero-order chi connectivity index (χ0) is 10.3. The second kappa shape index (κ2) is 3.52. The fraction of sp³-hybridized carbons (Fsp3) is 0.556. The summed E-state index contributed by atoms with van der Waals surface area (Å²) in [4.78, 5) is 16.3. The maximum absolute atomic E-state index is 12.0. The molecule has 0 radical (unpaired) electrons. The molecule has 0 saturated carbocycles. The van der Waals surface area contributed by atoms with Crippen LogP contribution in [0.3, 0.4) is 0 Å². The van der Waals surface area contributed by atoms with Crippen LogP contribution in [0.25, 0.3) is 0 Å². The molecule has 0 aromatic carbocycles. The zero-order valence-corrected chi connectivity index (χ0v) is 10.4. The molecule has 1 atom stereocenters. The summed E-state index contributed by atoms with van der Waals surface area (Å²) < 4.78 is 3.59. The van der Waals surface area contributed by atoms with Gasteiger partial charge in [-0.2, -0.15) is 0 Å². The number of nitrogens with zero attached hydrogens (tertiary/aromatic N) is 3. The molecule has 76 valence electrons. The van der Waals surface area contributed by atoms with Crippen molar-refractivity contribution in [3.63, 3.8) is 0 Å². The monoisotopic (exact) mass is 305 g/mol. The maximum Gasteiger partial charge on any atom is 0.278 e. The molecular formula is C9H12IN3O. The van der Waals surface area contributed by atoms with E-state index in [0.717, 1.165) is 18.7 Å². The quantitative estimate of drug-likeness (QED) is 0.583. The summed E-state index contributed by atoms with van der Waals surface area (Å²) in [5.74, 6) is 0.921. The van der Waals surface area contributed by atoms with Gasteiger partial charge < -0.3 is 3.11 Å². The molecule has 14 heavy (non-hydrogen) atoms. The van der Waals surface area contributed by atoms with Gasteiger partial charge in [-0.1, -0.05) is 0 Å². The smallest absolute Gasteiger partial charge is 0.278 e. The summed E-state index contributed by atoms with van der Waals surface area (Å²) in [6.45, 7) is 2.07. The van der Waals surface area contributed by atoms with Crippen molar-refractivity contribution in [1.82, 2.24) is 9.55 Å². The van der Waals surface area contributed by atoms with Crippen molar-refractivity contribution in [3.05, 3.63) is 22.4 Å². The average molecular weight is 305 g/mol. The Morgan fingerprint density at radius 3 is 3.07 bits per heavy atom. The molecule has 1 aromatic rings. The van der Waals surface area contributed by atoms with E-state index in [4.69, 9.17) is 0 Å². The predicted molar refractivity (Wildman–Crippen MR) is 64.0 cm³/mol. The topological polar surface area (TPSA) is 38.1 Å². The molecule has 2 heterocycles. The lowest BCUT2D eigenvalue weighted by molar-refractivity contribution is 0.560. The normalized spacial score (nSPS) is 19.5. The Hall–Kier alpha value is -0.590. The van der Waals surface area contributed by atoms with Crippen LogP contribution >= 0.6 is 22.9 Å². The molecule has 0 spiro atoms. The lowest BCUT2D eigenvalue weighted by Gasteiger charge is -2.13. The van der Waals surface area contributed by atoms with Crippen LogP contribution in [-0.2, 0) is 6.42 Å². The van der Waals surface area contributed by atoms with Crippen LogP contribution in [0.4, 0.5) is 5.69 Å². The molecule has 0 bridgehead atoms. The van der Waals surface area contributed by atoms with Crippen molar-refractivity contribution in [1.29, 1.82) is 0 Å². The number of hydrogen-bond donors (Lipinski definition) is 0. The highest BCUT2D eigenvalue weighted by atomic mass is 127. The van der Waals surface area contributed by atoms with Gasteiger partial charge in [0.2, 0.25) is 0 Å². The van der Waals surface area contributed by atoms with E-state index < -0.39 is 0 Å². The summed E-state index contributed by atoms with van der Waals surface area (Å²) in [5.41, 5.74) is 0.736. The molecule has 0 amide bonds. The Balaban J connectivity index is 2.62. The van der Waals surface area contributed by atoms with Gasteiger partial charge in [0, 0.05) is 19.5 Å². The number of rotatable bonds is 1. The van der Waals surface area contributed by atoms with E-state index in [2.05, 4.69) is 34.8 Å². The molecule has 5 heteroatoms. The minimum atomic E-state index is 0.0805. The lowest BCUT2D eigenvalue weighted by atomic mass is 10.2. The van der Waals surface area contributed by atoms with E-state index in [1.165, 1.54) is 0 Å². The second-order valence-electron chi connectivity index (χ2n) is 3.60. The van der Waals surface area contributed by atoms with Crippen molar-refractivity contribution >= 4 is 28.6 Å². The largest absolute Gasteiger partial charge is 0.312 e. The molecule has 0 aliphatic carbocycles.